The van der Waals surface area contributed by atoms with E-state index in [1.807, 2.05) is 0 Å². The largest absolute Gasteiger partial charge is 0.358 e. The molecule has 18 heavy (non-hydrogen) atoms. The normalized spacial score (nSPS) is 11.6. The number of sulfonamides is 1. The molecule has 0 atom stereocenters. The van der Waals surface area contributed by atoms with E-state index >= 15 is 0 Å². The second-order valence-electron chi connectivity index (χ2n) is 3.59. The Morgan fingerprint density at radius 1 is 1.56 bits per heavy atom. The smallest absolute Gasteiger partial charge is 0.245 e. The standard InChI is InChI=1S/C10H16N4O3S/c1-12-10(15)7-14(2)18(16,17)9-4-3-5-13-8(9)6-11/h3-5H,6-7,11H2,1-2H3,(H,12,15). The summed E-state index contributed by atoms with van der Waals surface area (Å²) in [5, 5.41) is 2.36. The Bertz CT molecular complexity index is 530. The molecule has 0 radical (unpaired) electrons. The highest BCUT2D eigenvalue weighted by Gasteiger charge is 2.25. The van der Waals surface area contributed by atoms with Crippen molar-refractivity contribution in [1.82, 2.24) is 14.6 Å². The van der Waals surface area contributed by atoms with E-state index in [0.717, 1.165) is 4.31 Å². The molecule has 0 fully saturated rings. The molecule has 1 amide bonds. The lowest BCUT2D eigenvalue weighted by Gasteiger charge is -2.17. The molecule has 0 aliphatic rings. The van der Waals surface area contributed by atoms with Crippen LogP contribution < -0.4 is 11.1 Å². The summed E-state index contributed by atoms with van der Waals surface area (Å²) in [5.41, 5.74) is 5.73. The lowest BCUT2D eigenvalue weighted by Crippen LogP contribution is -2.37. The van der Waals surface area contributed by atoms with Gasteiger partial charge in [0.2, 0.25) is 15.9 Å². The van der Waals surface area contributed by atoms with Gasteiger partial charge in [-0.1, -0.05) is 0 Å². The van der Waals surface area contributed by atoms with E-state index in [1.165, 1.54) is 32.4 Å². The number of nitrogens with two attached hydrogens (primary N) is 1. The van der Waals surface area contributed by atoms with Crippen LogP contribution in [-0.4, -0.2) is 44.3 Å². The number of pyridine rings is 1. The van der Waals surface area contributed by atoms with E-state index in [1.54, 1.807) is 0 Å². The Kier molecular flexibility index (Phi) is 4.76. The summed E-state index contributed by atoms with van der Waals surface area (Å²) in [5.74, 6) is -0.390. The minimum Gasteiger partial charge on any atom is -0.358 e. The Labute approximate surface area is 106 Å². The molecule has 1 aromatic heterocycles. The number of amides is 1. The maximum Gasteiger partial charge on any atom is 0.245 e. The quantitative estimate of drug-likeness (QED) is 0.708. The minimum absolute atomic E-state index is 0.0171. The average molecular weight is 272 g/mol. The van der Waals surface area contributed by atoms with Crippen molar-refractivity contribution < 1.29 is 13.2 Å². The van der Waals surface area contributed by atoms with Crippen LogP contribution in [0.3, 0.4) is 0 Å². The highest BCUT2D eigenvalue weighted by molar-refractivity contribution is 7.89. The molecule has 0 aliphatic heterocycles. The number of nitrogens with one attached hydrogen (secondary N) is 1. The number of carbonyl (C=O) groups is 1. The van der Waals surface area contributed by atoms with Gasteiger partial charge in [-0.05, 0) is 12.1 Å². The molecule has 1 heterocycles. The number of hydrogen-bond acceptors (Lipinski definition) is 5. The molecular weight excluding hydrogens is 256 g/mol. The molecule has 0 aliphatic carbocycles. The zero-order valence-electron chi connectivity index (χ0n) is 10.3. The third-order valence-electron chi connectivity index (χ3n) is 2.38. The van der Waals surface area contributed by atoms with Gasteiger partial charge in [-0.3, -0.25) is 9.78 Å². The Balaban J connectivity index is 3.09. The van der Waals surface area contributed by atoms with Crippen LogP contribution in [0, 0.1) is 0 Å². The van der Waals surface area contributed by atoms with Gasteiger partial charge in [-0.25, -0.2) is 8.42 Å². The van der Waals surface area contributed by atoms with Crippen LogP contribution in [-0.2, 0) is 21.4 Å². The summed E-state index contributed by atoms with van der Waals surface area (Å²) in [6.07, 6.45) is 1.47. The van der Waals surface area contributed by atoms with Crippen molar-refractivity contribution in [2.24, 2.45) is 5.73 Å². The number of rotatable bonds is 5. The molecule has 0 aromatic carbocycles. The number of aromatic nitrogens is 1. The van der Waals surface area contributed by atoms with Crippen molar-refractivity contribution in [2.45, 2.75) is 11.4 Å². The molecule has 8 heteroatoms. The summed E-state index contributed by atoms with van der Waals surface area (Å²) in [6, 6.07) is 2.94. The highest BCUT2D eigenvalue weighted by atomic mass is 32.2. The Hall–Kier alpha value is -1.51. The first-order valence-corrected chi connectivity index (χ1v) is 6.68. The molecule has 0 unspecified atom stereocenters. The Morgan fingerprint density at radius 3 is 2.78 bits per heavy atom. The first kappa shape index (κ1) is 14.6. The van der Waals surface area contributed by atoms with E-state index in [9.17, 15) is 13.2 Å². The van der Waals surface area contributed by atoms with Crippen LogP contribution in [0.15, 0.2) is 23.2 Å². The lowest BCUT2D eigenvalue weighted by molar-refractivity contribution is -0.120. The molecule has 0 saturated heterocycles. The van der Waals surface area contributed by atoms with Crippen molar-refractivity contribution in [3.63, 3.8) is 0 Å². The summed E-state index contributed by atoms with van der Waals surface area (Å²) in [7, 11) is -0.983. The predicted octanol–water partition coefficient (Wildman–Crippen LogP) is -1.09. The predicted molar refractivity (Wildman–Crippen MR) is 66.0 cm³/mol. The Morgan fingerprint density at radius 2 is 2.22 bits per heavy atom. The first-order valence-electron chi connectivity index (χ1n) is 5.24. The van der Waals surface area contributed by atoms with Gasteiger partial charge in [-0.2, -0.15) is 4.31 Å². The van der Waals surface area contributed by atoms with E-state index in [4.69, 9.17) is 5.73 Å². The van der Waals surface area contributed by atoms with E-state index in [2.05, 4.69) is 10.3 Å². The monoisotopic (exact) mass is 272 g/mol. The zero-order valence-corrected chi connectivity index (χ0v) is 11.1. The van der Waals surface area contributed by atoms with Gasteiger partial charge in [-0.15, -0.1) is 0 Å². The van der Waals surface area contributed by atoms with Crippen molar-refractivity contribution in [3.8, 4) is 0 Å². The van der Waals surface area contributed by atoms with Gasteiger partial charge >= 0.3 is 0 Å². The van der Waals surface area contributed by atoms with E-state index in [-0.39, 0.29) is 29.6 Å². The fourth-order valence-electron chi connectivity index (χ4n) is 1.35. The maximum atomic E-state index is 12.2. The van der Waals surface area contributed by atoms with Crippen LogP contribution in [0.5, 0.6) is 0 Å². The number of likely N-dealkylation sites (N-methyl/N-ethyl adjacent to an activating group) is 2. The summed E-state index contributed by atoms with van der Waals surface area (Å²) in [4.78, 5) is 15.1. The maximum absolute atomic E-state index is 12.2. The summed E-state index contributed by atoms with van der Waals surface area (Å²) >= 11 is 0. The third-order valence-corrected chi connectivity index (χ3v) is 4.25. The summed E-state index contributed by atoms with van der Waals surface area (Å²) < 4.78 is 25.4. The molecule has 0 saturated carbocycles. The number of hydrogen-bond donors (Lipinski definition) is 2. The van der Waals surface area contributed by atoms with E-state index < -0.39 is 10.0 Å². The van der Waals surface area contributed by atoms with Gasteiger partial charge in [0.15, 0.2) is 0 Å². The average Bonchev–Trinajstić information content (AvgIpc) is 2.38. The molecule has 0 spiro atoms. The molecule has 1 rings (SSSR count). The van der Waals surface area contributed by atoms with Gasteiger partial charge in [0.05, 0.1) is 12.2 Å². The highest BCUT2D eigenvalue weighted by Crippen LogP contribution is 2.16. The molecule has 3 N–H and O–H groups in total. The SMILES string of the molecule is CNC(=O)CN(C)S(=O)(=O)c1cccnc1CN. The topological polar surface area (TPSA) is 105 Å². The van der Waals surface area contributed by atoms with Crippen LogP contribution in [0.1, 0.15) is 5.69 Å². The molecule has 0 bridgehead atoms. The number of nitrogens with zero attached hydrogens (tertiary/aromatic N) is 2. The van der Waals surface area contributed by atoms with Gasteiger partial charge in [0, 0.05) is 26.8 Å². The van der Waals surface area contributed by atoms with Crippen molar-refractivity contribution >= 4 is 15.9 Å². The first-order chi connectivity index (χ1) is 8.43. The van der Waals surface area contributed by atoms with Gasteiger partial charge < -0.3 is 11.1 Å². The second kappa shape index (κ2) is 5.89. The fraction of sp³-hybridized carbons (Fsp3) is 0.400. The van der Waals surface area contributed by atoms with Crippen LogP contribution in [0.25, 0.3) is 0 Å². The second-order valence-corrected chi connectivity index (χ2v) is 5.60. The van der Waals surface area contributed by atoms with Crippen LogP contribution in [0.2, 0.25) is 0 Å². The molecular formula is C10H16N4O3S. The molecule has 1 aromatic rings. The fourth-order valence-corrected chi connectivity index (χ4v) is 2.65. The zero-order chi connectivity index (χ0) is 13.8. The van der Waals surface area contributed by atoms with Crippen LogP contribution in [0.4, 0.5) is 0 Å². The van der Waals surface area contributed by atoms with Gasteiger partial charge in [0.1, 0.15) is 4.90 Å². The third kappa shape index (κ3) is 3.03. The van der Waals surface area contributed by atoms with Crippen molar-refractivity contribution in [3.05, 3.63) is 24.0 Å². The number of carbonyl (C=O) groups excluding carboxylic acids is 1. The van der Waals surface area contributed by atoms with Crippen molar-refractivity contribution in [1.29, 1.82) is 0 Å². The minimum atomic E-state index is -3.76. The van der Waals surface area contributed by atoms with Gasteiger partial charge in [0.25, 0.3) is 0 Å². The molecule has 7 nitrogen and oxygen atoms in total. The summed E-state index contributed by atoms with van der Waals surface area (Å²) in [6.45, 7) is -0.235. The molecule has 100 valence electrons. The van der Waals surface area contributed by atoms with E-state index in [0.29, 0.717) is 0 Å². The van der Waals surface area contributed by atoms with Crippen molar-refractivity contribution in [2.75, 3.05) is 20.6 Å². The lowest BCUT2D eigenvalue weighted by atomic mass is 10.3. The van der Waals surface area contributed by atoms with Crippen LogP contribution >= 0.6 is 0 Å².